The fourth-order valence-electron chi connectivity index (χ4n) is 5.49. The first-order valence-electron chi connectivity index (χ1n) is 15.7. The van der Waals surface area contributed by atoms with Gasteiger partial charge >= 0.3 is 12.3 Å². The molecule has 0 spiro atoms. The number of ether oxygens (including phenoxy) is 2. The second-order valence-electron chi connectivity index (χ2n) is 13.0. The highest BCUT2D eigenvalue weighted by atomic mass is 19.4. The summed E-state index contributed by atoms with van der Waals surface area (Å²) in [6, 6.07) is 9.89. The standard InChI is InChI=1S/C34H41F3N6O4/c1-22(40-31(44)29-17-38-18-30(41-29)43-13-11-42(12-14-43)19-23-20-46-21-23)24-5-7-25(8-6-24)28-15-27(34(35,36)37)10-9-26(28)16-39-32(45)47-33(2,3)4/h5-10,15,17-18,22-23H,11-14,16,19-21H2,1-4H3,(H,39,45)(H,40,44)/t22-/m1/s1. The summed E-state index contributed by atoms with van der Waals surface area (Å²) in [6.07, 6.45) is -2.11. The van der Waals surface area contributed by atoms with Crippen molar-refractivity contribution in [2.75, 3.05) is 50.8 Å². The van der Waals surface area contributed by atoms with Gasteiger partial charge in [0.2, 0.25) is 0 Å². The lowest BCUT2D eigenvalue weighted by molar-refractivity contribution is -0.137. The Morgan fingerprint density at radius 1 is 1.02 bits per heavy atom. The van der Waals surface area contributed by atoms with E-state index in [2.05, 4.69) is 30.4 Å². The molecule has 10 nitrogen and oxygen atoms in total. The first-order valence-corrected chi connectivity index (χ1v) is 15.7. The molecule has 13 heteroatoms. The third kappa shape index (κ3) is 9.19. The number of rotatable bonds is 9. The fraction of sp³-hybridized carbons (Fsp3) is 0.471. The molecular weight excluding hydrogens is 613 g/mol. The number of alkyl carbamates (subject to hydrolysis) is 1. The maximum Gasteiger partial charge on any atom is 0.416 e. The van der Waals surface area contributed by atoms with Crippen LogP contribution in [-0.2, 0) is 22.2 Å². The summed E-state index contributed by atoms with van der Waals surface area (Å²) in [5.41, 5.74) is 0.776. The lowest BCUT2D eigenvalue weighted by Gasteiger charge is -2.38. The predicted octanol–water partition coefficient (Wildman–Crippen LogP) is 5.45. The number of hydrogen-bond acceptors (Lipinski definition) is 8. The summed E-state index contributed by atoms with van der Waals surface area (Å²) in [5, 5.41) is 5.56. The van der Waals surface area contributed by atoms with Gasteiger partial charge in [-0.05, 0) is 62.1 Å². The number of amides is 2. The topological polar surface area (TPSA) is 109 Å². The fourth-order valence-corrected chi connectivity index (χ4v) is 5.49. The Morgan fingerprint density at radius 3 is 2.34 bits per heavy atom. The van der Waals surface area contributed by atoms with Crippen LogP contribution in [0.15, 0.2) is 54.9 Å². The van der Waals surface area contributed by atoms with Gasteiger partial charge in [-0.2, -0.15) is 13.2 Å². The molecular formula is C34H41F3N6O4. The van der Waals surface area contributed by atoms with Gasteiger partial charge in [-0.15, -0.1) is 0 Å². The van der Waals surface area contributed by atoms with Gasteiger partial charge in [0.05, 0.1) is 37.2 Å². The van der Waals surface area contributed by atoms with Crippen molar-refractivity contribution >= 4 is 17.8 Å². The molecule has 2 N–H and O–H groups in total. The molecule has 1 aromatic heterocycles. The number of aromatic nitrogens is 2. The van der Waals surface area contributed by atoms with Crippen molar-refractivity contribution in [3.8, 4) is 11.1 Å². The number of alkyl halides is 3. The quantitative estimate of drug-likeness (QED) is 0.314. The molecule has 47 heavy (non-hydrogen) atoms. The van der Waals surface area contributed by atoms with Crippen LogP contribution in [0.5, 0.6) is 0 Å². The van der Waals surface area contributed by atoms with E-state index in [1.165, 1.54) is 12.3 Å². The molecule has 0 bridgehead atoms. The van der Waals surface area contributed by atoms with Gasteiger partial charge in [0, 0.05) is 45.2 Å². The summed E-state index contributed by atoms with van der Waals surface area (Å²) in [6.45, 7) is 13.1. The van der Waals surface area contributed by atoms with Gasteiger partial charge in [-0.3, -0.25) is 14.7 Å². The van der Waals surface area contributed by atoms with Crippen LogP contribution in [0.3, 0.4) is 0 Å². The van der Waals surface area contributed by atoms with Crippen LogP contribution in [0, 0.1) is 5.92 Å². The van der Waals surface area contributed by atoms with Crippen LogP contribution in [0.4, 0.5) is 23.8 Å². The van der Waals surface area contributed by atoms with Gasteiger partial charge in [0.1, 0.15) is 17.1 Å². The van der Waals surface area contributed by atoms with Crippen LogP contribution >= 0.6 is 0 Å². The van der Waals surface area contributed by atoms with Gasteiger partial charge in [-0.25, -0.2) is 9.78 Å². The third-order valence-corrected chi connectivity index (χ3v) is 8.10. The number of carbonyl (C=O) groups excluding carboxylic acids is 2. The first kappa shape index (κ1) is 34.1. The van der Waals surface area contributed by atoms with Crippen LogP contribution in [0.25, 0.3) is 11.1 Å². The van der Waals surface area contributed by atoms with Crippen LogP contribution in [-0.4, -0.2) is 78.4 Å². The zero-order valence-corrected chi connectivity index (χ0v) is 27.1. The molecule has 2 aromatic carbocycles. The Bertz CT molecular complexity index is 1550. The normalized spacial score (nSPS) is 16.7. The SMILES string of the molecule is C[C@@H](NC(=O)c1cncc(N2CCN(CC3COC3)CC2)n1)c1ccc(-c2cc(C(F)(F)F)ccc2CNC(=O)OC(C)(C)C)cc1. The number of benzene rings is 2. The van der Waals surface area contributed by atoms with Gasteiger partial charge < -0.3 is 25.0 Å². The number of nitrogens with one attached hydrogen (secondary N) is 2. The maximum absolute atomic E-state index is 13.6. The van der Waals surface area contributed by atoms with Gasteiger partial charge in [-0.1, -0.05) is 30.3 Å². The Kier molecular flexibility index (Phi) is 10.4. The summed E-state index contributed by atoms with van der Waals surface area (Å²) >= 11 is 0. The zero-order chi connectivity index (χ0) is 33.8. The lowest BCUT2D eigenvalue weighted by Crippen LogP contribution is -2.50. The maximum atomic E-state index is 13.6. The van der Waals surface area contributed by atoms with E-state index in [0.29, 0.717) is 28.4 Å². The minimum Gasteiger partial charge on any atom is -0.444 e. The molecule has 3 heterocycles. The summed E-state index contributed by atoms with van der Waals surface area (Å²) < 4.78 is 51.4. The molecule has 1 atom stereocenters. The van der Waals surface area contributed by atoms with E-state index in [9.17, 15) is 22.8 Å². The van der Waals surface area contributed by atoms with E-state index in [-0.39, 0.29) is 18.1 Å². The molecule has 0 saturated carbocycles. The molecule has 252 valence electrons. The van der Waals surface area contributed by atoms with Crippen molar-refractivity contribution in [3.05, 3.63) is 77.2 Å². The zero-order valence-electron chi connectivity index (χ0n) is 27.1. The lowest BCUT2D eigenvalue weighted by atomic mass is 9.95. The summed E-state index contributed by atoms with van der Waals surface area (Å²) in [5.74, 6) is 0.880. The Morgan fingerprint density at radius 2 is 1.72 bits per heavy atom. The van der Waals surface area contributed by atoms with Crippen LogP contribution in [0.1, 0.15) is 60.9 Å². The average Bonchev–Trinajstić information content (AvgIpc) is 3.01. The smallest absolute Gasteiger partial charge is 0.416 e. The minimum atomic E-state index is -4.54. The molecule has 2 aliphatic heterocycles. The number of carbonyl (C=O) groups is 2. The summed E-state index contributed by atoms with van der Waals surface area (Å²) in [7, 11) is 0. The third-order valence-electron chi connectivity index (χ3n) is 8.10. The van der Waals surface area contributed by atoms with Crippen molar-refractivity contribution in [1.82, 2.24) is 25.5 Å². The highest BCUT2D eigenvalue weighted by Gasteiger charge is 2.31. The monoisotopic (exact) mass is 654 g/mol. The number of piperazine rings is 1. The molecule has 2 aliphatic rings. The van der Waals surface area contributed by atoms with Crippen LogP contribution in [0.2, 0.25) is 0 Å². The molecule has 3 aromatic rings. The molecule has 2 saturated heterocycles. The highest BCUT2D eigenvalue weighted by Crippen LogP contribution is 2.34. The van der Waals surface area contributed by atoms with E-state index < -0.39 is 29.5 Å². The van der Waals surface area contributed by atoms with Crippen molar-refractivity contribution in [2.45, 2.75) is 52.1 Å². The first-order chi connectivity index (χ1) is 22.2. The molecule has 0 radical (unpaired) electrons. The van der Waals surface area contributed by atoms with E-state index in [1.807, 2.05) is 6.92 Å². The Balaban J connectivity index is 1.23. The minimum absolute atomic E-state index is 0.0255. The predicted molar refractivity (Wildman–Crippen MR) is 171 cm³/mol. The molecule has 5 rings (SSSR count). The average molecular weight is 655 g/mol. The van der Waals surface area contributed by atoms with Crippen molar-refractivity contribution < 1.29 is 32.2 Å². The van der Waals surface area contributed by atoms with E-state index in [0.717, 1.165) is 63.6 Å². The Labute approximate surface area is 272 Å². The second-order valence-corrected chi connectivity index (χ2v) is 13.0. The van der Waals surface area contributed by atoms with Gasteiger partial charge in [0.15, 0.2) is 0 Å². The van der Waals surface area contributed by atoms with Crippen molar-refractivity contribution in [1.29, 1.82) is 0 Å². The van der Waals surface area contributed by atoms with Gasteiger partial charge in [0.25, 0.3) is 5.91 Å². The number of nitrogens with zero attached hydrogens (tertiary/aromatic N) is 4. The number of halogens is 3. The highest BCUT2D eigenvalue weighted by molar-refractivity contribution is 5.92. The van der Waals surface area contributed by atoms with E-state index in [1.54, 1.807) is 51.2 Å². The second kappa shape index (κ2) is 14.3. The molecule has 2 amide bonds. The number of anilines is 1. The number of hydrogen-bond donors (Lipinski definition) is 2. The van der Waals surface area contributed by atoms with Crippen molar-refractivity contribution in [3.63, 3.8) is 0 Å². The summed E-state index contributed by atoms with van der Waals surface area (Å²) in [4.78, 5) is 38.8. The van der Waals surface area contributed by atoms with E-state index in [4.69, 9.17) is 9.47 Å². The van der Waals surface area contributed by atoms with Crippen LogP contribution < -0.4 is 15.5 Å². The Hall–Kier alpha value is -4.23. The molecule has 0 aliphatic carbocycles. The van der Waals surface area contributed by atoms with E-state index >= 15 is 0 Å². The largest absolute Gasteiger partial charge is 0.444 e. The van der Waals surface area contributed by atoms with Crippen molar-refractivity contribution in [2.24, 2.45) is 5.92 Å². The molecule has 0 unspecified atom stereocenters. The molecule has 2 fully saturated rings.